The second-order valence-corrected chi connectivity index (χ2v) is 5.62. The van der Waals surface area contributed by atoms with Crippen LogP contribution in [0.25, 0.3) is 0 Å². The maximum Gasteiger partial charge on any atom is 0.325 e. The Bertz CT molecular complexity index is 783. The molecule has 0 heterocycles. The van der Waals surface area contributed by atoms with Crippen molar-refractivity contribution in [3.63, 3.8) is 0 Å². The van der Waals surface area contributed by atoms with Gasteiger partial charge in [-0.2, -0.15) is 0 Å². The quantitative estimate of drug-likeness (QED) is 0.755. The summed E-state index contributed by atoms with van der Waals surface area (Å²) in [4.78, 5) is 33.8. The molecule has 0 radical (unpaired) electrons. The molecule has 0 saturated heterocycles. The molecular formula is C19H19NO5. The Balaban J connectivity index is 2.01. The van der Waals surface area contributed by atoms with Crippen LogP contribution >= 0.6 is 0 Å². The second-order valence-electron chi connectivity index (χ2n) is 5.62. The van der Waals surface area contributed by atoms with Crippen molar-refractivity contribution in [3.8, 4) is 5.75 Å². The number of hydrogen-bond donors (Lipinski definition) is 2. The number of carbonyl (C=O) groups is 3. The van der Waals surface area contributed by atoms with Crippen LogP contribution in [0.4, 0.5) is 0 Å². The van der Waals surface area contributed by atoms with Crippen molar-refractivity contribution in [2.45, 2.75) is 26.5 Å². The van der Waals surface area contributed by atoms with Gasteiger partial charge in [-0.15, -0.1) is 0 Å². The number of carbonyl (C=O) groups excluding carboxylic acids is 2. The summed E-state index contributed by atoms with van der Waals surface area (Å²) >= 11 is 0. The lowest BCUT2D eigenvalue weighted by atomic mass is 10.1. The summed E-state index contributed by atoms with van der Waals surface area (Å²) in [7, 11) is 0. The molecule has 2 aromatic rings. The van der Waals surface area contributed by atoms with Crippen molar-refractivity contribution < 1.29 is 24.2 Å². The number of amides is 1. The smallest absolute Gasteiger partial charge is 0.325 e. The molecule has 2 aromatic carbocycles. The van der Waals surface area contributed by atoms with E-state index in [-0.39, 0.29) is 6.61 Å². The molecular weight excluding hydrogens is 322 g/mol. The first-order chi connectivity index (χ1) is 11.9. The van der Waals surface area contributed by atoms with Gasteiger partial charge < -0.3 is 15.2 Å². The lowest BCUT2D eigenvalue weighted by molar-refractivity contribution is -0.138. The zero-order chi connectivity index (χ0) is 18.4. The minimum atomic E-state index is -1.09. The number of aliphatic carboxylic acids is 1. The molecule has 0 aromatic heterocycles. The number of rotatable bonds is 7. The first-order valence-corrected chi connectivity index (χ1v) is 7.72. The van der Waals surface area contributed by atoms with Crippen LogP contribution in [0.2, 0.25) is 0 Å². The number of aryl methyl sites for hydroxylation is 1. The van der Waals surface area contributed by atoms with E-state index in [4.69, 9.17) is 9.84 Å². The third kappa shape index (κ3) is 4.67. The molecule has 0 aliphatic heterocycles. The number of aldehydes is 1. The summed E-state index contributed by atoms with van der Waals surface area (Å²) in [6.45, 7) is 3.48. The van der Waals surface area contributed by atoms with E-state index in [9.17, 15) is 14.4 Å². The van der Waals surface area contributed by atoms with Gasteiger partial charge in [0.15, 0.2) is 6.29 Å². The highest BCUT2D eigenvalue weighted by molar-refractivity contribution is 5.96. The van der Waals surface area contributed by atoms with Gasteiger partial charge in [0.2, 0.25) is 0 Å². The highest BCUT2D eigenvalue weighted by Gasteiger charge is 2.15. The number of ether oxygens (including phenoxy) is 1. The fourth-order valence-electron chi connectivity index (χ4n) is 2.19. The summed E-state index contributed by atoms with van der Waals surface area (Å²) in [5.74, 6) is -1.04. The predicted octanol–water partition coefficient (Wildman–Crippen LogP) is 2.59. The van der Waals surface area contributed by atoms with Crippen LogP contribution in [-0.4, -0.2) is 29.3 Å². The van der Waals surface area contributed by atoms with Crippen molar-refractivity contribution in [1.82, 2.24) is 5.32 Å². The predicted molar refractivity (Wildman–Crippen MR) is 91.9 cm³/mol. The number of nitrogens with one attached hydrogen (secondary N) is 1. The normalized spacial score (nSPS) is 11.4. The molecule has 0 saturated carbocycles. The van der Waals surface area contributed by atoms with Crippen molar-refractivity contribution in [2.75, 3.05) is 0 Å². The SMILES string of the molecule is Cc1cccc(OCc2ccc(C(=O)N[C@@H](C)C(=O)O)cc2)c1C=O. The van der Waals surface area contributed by atoms with Gasteiger partial charge in [-0.05, 0) is 43.2 Å². The fourth-order valence-corrected chi connectivity index (χ4v) is 2.19. The second kappa shape index (κ2) is 8.10. The van der Waals surface area contributed by atoms with E-state index in [1.165, 1.54) is 6.92 Å². The maximum atomic E-state index is 11.9. The molecule has 0 spiro atoms. The van der Waals surface area contributed by atoms with Gasteiger partial charge in [-0.1, -0.05) is 24.3 Å². The Labute approximate surface area is 145 Å². The number of hydrogen-bond acceptors (Lipinski definition) is 4. The summed E-state index contributed by atoms with van der Waals surface area (Å²) in [5.41, 5.74) is 2.54. The van der Waals surface area contributed by atoms with E-state index < -0.39 is 17.9 Å². The Hall–Kier alpha value is -3.15. The number of carboxylic acid groups (broad SMARTS) is 1. The molecule has 2 rings (SSSR count). The third-order valence-corrected chi connectivity index (χ3v) is 3.73. The standard InChI is InChI=1S/C19H19NO5/c1-12-4-3-5-17(16(12)10-21)25-11-14-6-8-15(9-7-14)18(22)20-13(2)19(23)24/h3-10,13H,11H2,1-2H3,(H,20,22)(H,23,24)/t13-/m0/s1. The number of carboxylic acids is 1. The van der Waals surface area contributed by atoms with E-state index >= 15 is 0 Å². The Morgan fingerprint density at radius 3 is 2.48 bits per heavy atom. The molecule has 1 amide bonds. The van der Waals surface area contributed by atoms with Crippen LogP contribution in [0.3, 0.4) is 0 Å². The minimum Gasteiger partial charge on any atom is -0.488 e. The van der Waals surface area contributed by atoms with Crippen molar-refractivity contribution >= 4 is 18.2 Å². The largest absolute Gasteiger partial charge is 0.488 e. The topological polar surface area (TPSA) is 92.7 Å². The molecule has 0 aliphatic carbocycles. The molecule has 0 bridgehead atoms. The molecule has 0 aliphatic rings. The van der Waals surface area contributed by atoms with Crippen molar-refractivity contribution in [3.05, 3.63) is 64.7 Å². The van der Waals surface area contributed by atoms with Gasteiger partial charge in [0, 0.05) is 5.56 Å². The van der Waals surface area contributed by atoms with Gasteiger partial charge in [0.1, 0.15) is 18.4 Å². The van der Waals surface area contributed by atoms with Gasteiger partial charge in [-0.3, -0.25) is 14.4 Å². The first kappa shape index (κ1) is 18.2. The lowest BCUT2D eigenvalue weighted by Gasteiger charge is -2.11. The summed E-state index contributed by atoms with van der Waals surface area (Å²) < 4.78 is 5.68. The zero-order valence-corrected chi connectivity index (χ0v) is 14.0. The van der Waals surface area contributed by atoms with Gasteiger partial charge in [0.25, 0.3) is 5.91 Å². The van der Waals surface area contributed by atoms with E-state index in [0.717, 1.165) is 17.4 Å². The van der Waals surface area contributed by atoms with E-state index in [1.54, 1.807) is 30.3 Å². The average Bonchev–Trinajstić information content (AvgIpc) is 2.60. The zero-order valence-electron chi connectivity index (χ0n) is 14.0. The maximum absolute atomic E-state index is 11.9. The van der Waals surface area contributed by atoms with Gasteiger partial charge in [0.05, 0.1) is 5.56 Å². The average molecular weight is 341 g/mol. The van der Waals surface area contributed by atoms with Crippen molar-refractivity contribution in [1.29, 1.82) is 0 Å². The van der Waals surface area contributed by atoms with Crippen LogP contribution in [-0.2, 0) is 11.4 Å². The summed E-state index contributed by atoms with van der Waals surface area (Å²) in [6.07, 6.45) is 0.766. The molecule has 6 heteroatoms. The van der Waals surface area contributed by atoms with Crippen molar-refractivity contribution in [2.24, 2.45) is 0 Å². The molecule has 0 unspecified atom stereocenters. The highest BCUT2D eigenvalue weighted by Crippen LogP contribution is 2.21. The fraction of sp³-hybridized carbons (Fsp3) is 0.211. The Morgan fingerprint density at radius 2 is 1.88 bits per heavy atom. The monoisotopic (exact) mass is 341 g/mol. The first-order valence-electron chi connectivity index (χ1n) is 7.72. The highest BCUT2D eigenvalue weighted by atomic mass is 16.5. The number of benzene rings is 2. The third-order valence-electron chi connectivity index (χ3n) is 3.73. The molecule has 0 fully saturated rings. The molecule has 2 N–H and O–H groups in total. The Morgan fingerprint density at radius 1 is 1.20 bits per heavy atom. The van der Waals surface area contributed by atoms with Crippen LogP contribution in [0.5, 0.6) is 5.75 Å². The Kier molecular flexibility index (Phi) is 5.89. The van der Waals surface area contributed by atoms with Crippen LogP contribution < -0.4 is 10.1 Å². The summed E-state index contributed by atoms with van der Waals surface area (Å²) in [6, 6.07) is 11.0. The lowest BCUT2D eigenvalue weighted by Crippen LogP contribution is -2.38. The van der Waals surface area contributed by atoms with E-state index in [2.05, 4.69) is 5.32 Å². The van der Waals surface area contributed by atoms with E-state index in [0.29, 0.717) is 16.9 Å². The molecule has 1 atom stereocenters. The minimum absolute atomic E-state index is 0.248. The summed E-state index contributed by atoms with van der Waals surface area (Å²) in [5, 5.41) is 11.2. The van der Waals surface area contributed by atoms with Crippen LogP contribution in [0.1, 0.15) is 38.8 Å². The van der Waals surface area contributed by atoms with E-state index in [1.807, 2.05) is 19.1 Å². The van der Waals surface area contributed by atoms with Crippen LogP contribution in [0, 0.1) is 6.92 Å². The van der Waals surface area contributed by atoms with Gasteiger partial charge >= 0.3 is 5.97 Å². The molecule has 130 valence electrons. The molecule has 25 heavy (non-hydrogen) atoms. The van der Waals surface area contributed by atoms with Crippen LogP contribution in [0.15, 0.2) is 42.5 Å². The van der Waals surface area contributed by atoms with Gasteiger partial charge in [-0.25, -0.2) is 0 Å². The molecule has 6 nitrogen and oxygen atoms in total.